The number of nitrogens with zero attached hydrogens (tertiary/aromatic N) is 1. The highest BCUT2D eigenvalue weighted by molar-refractivity contribution is 5.45. The van der Waals surface area contributed by atoms with Gasteiger partial charge in [0.05, 0.1) is 13.2 Å². The number of hydrogen-bond acceptors (Lipinski definition) is 2. The fourth-order valence-corrected chi connectivity index (χ4v) is 1.63. The van der Waals surface area contributed by atoms with Crippen LogP contribution in [0.4, 0.5) is 0 Å². The number of hydrogen-bond donors (Lipinski definition) is 2. The average molecular weight is 165 g/mol. The van der Waals surface area contributed by atoms with Crippen LogP contribution in [0.3, 0.4) is 0 Å². The molecule has 0 aromatic carbocycles. The van der Waals surface area contributed by atoms with Gasteiger partial charge in [-0.3, -0.25) is 0 Å². The molecule has 2 N–H and O–H groups in total. The Kier molecular flexibility index (Phi) is 1.75. The molecule has 0 fully saturated rings. The minimum atomic E-state index is 0.00370. The van der Waals surface area contributed by atoms with E-state index in [-0.39, 0.29) is 13.2 Å². The van der Waals surface area contributed by atoms with E-state index in [0.717, 1.165) is 23.2 Å². The minimum Gasteiger partial charge on any atom is -0.392 e. The maximum Gasteiger partial charge on any atom is 0.0703 e. The highest BCUT2D eigenvalue weighted by atomic mass is 16.3. The summed E-state index contributed by atoms with van der Waals surface area (Å²) in [5.41, 5.74) is 2.81. The summed E-state index contributed by atoms with van der Waals surface area (Å²) in [4.78, 5) is 0. The van der Waals surface area contributed by atoms with E-state index >= 15 is 0 Å². The Morgan fingerprint density at radius 3 is 2.83 bits per heavy atom. The predicted octanol–water partition coefficient (Wildman–Crippen LogP) is 0.500. The summed E-state index contributed by atoms with van der Waals surface area (Å²) in [7, 11) is 0. The fourth-order valence-electron chi connectivity index (χ4n) is 1.63. The third kappa shape index (κ3) is 0.906. The van der Waals surface area contributed by atoms with Gasteiger partial charge in [0.15, 0.2) is 0 Å². The van der Waals surface area contributed by atoms with E-state index in [0.29, 0.717) is 0 Å². The number of aromatic nitrogens is 1. The molecule has 0 amide bonds. The van der Waals surface area contributed by atoms with Crippen LogP contribution in [0, 0.1) is 0 Å². The van der Waals surface area contributed by atoms with Crippen LogP contribution in [-0.4, -0.2) is 14.8 Å². The first-order chi connectivity index (χ1) is 5.86. The van der Waals surface area contributed by atoms with E-state index < -0.39 is 0 Å². The Morgan fingerprint density at radius 1 is 1.33 bits per heavy atom. The molecular weight excluding hydrogens is 154 g/mol. The SMILES string of the molecule is OCc1cn2c(c1CO)CC=C2. The van der Waals surface area contributed by atoms with E-state index in [1.54, 1.807) is 0 Å². The molecule has 3 nitrogen and oxygen atoms in total. The van der Waals surface area contributed by atoms with Crippen molar-refractivity contribution in [1.82, 2.24) is 4.57 Å². The van der Waals surface area contributed by atoms with Crippen LogP contribution in [0.1, 0.15) is 16.8 Å². The monoisotopic (exact) mass is 165 g/mol. The second-order valence-corrected chi connectivity index (χ2v) is 2.89. The summed E-state index contributed by atoms with van der Waals surface area (Å²) in [6, 6.07) is 0. The maximum absolute atomic E-state index is 9.05. The Hall–Kier alpha value is -1.06. The molecule has 0 atom stereocenters. The molecule has 1 aliphatic heterocycles. The van der Waals surface area contributed by atoms with E-state index in [2.05, 4.69) is 0 Å². The van der Waals surface area contributed by atoms with E-state index in [9.17, 15) is 0 Å². The lowest BCUT2D eigenvalue weighted by Crippen LogP contribution is -1.93. The number of aliphatic hydroxyl groups is 2. The zero-order valence-electron chi connectivity index (χ0n) is 6.70. The summed E-state index contributed by atoms with van der Waals surface area (Å²) < 4.78 is 1.96. The first-order valence-corrected chi connectivity index (χ1v) is 3.96. The highest BCUT2D eigenvalue weighted by Gasteiger charge is 2.14. The molecule has 0 radical (unpaired) electrons. The Bertz CT molecular complexity index is 326. The van der Waals surface area contributed by atoms with E-state index in [1.165, 1.54) is 0 Å². The smallest absolute Gasteiger partial charge is 0.0703 e. The second kappa shape index (κ2) is 2.77. The fraction of sp³-hybridized carbons (Fsp3) is 0.333. The molecule has 1 aromatic heterocycles. The molecule has 2 rings (SSSR count). The topological polar surface area (TPSA) is 45.4 Å². The van der Waals surface area contributed by atoms with Gasteiger partial charge in [-0.25, -0.2) is 0 Å². The molecule has 2 heterocycles. The molecular formula is C9H11NO2. The lowest BCUT2D eigenvalue weighted by molar-refractivity contribution is 0.260. The van der Waals surface area contributed by atoms with Gasteiger partial charge in [-0.1, -0.05) is 6.08 Å². The van der Waals surface area contributed by atoms with Crippen molar-refractivity contribution in [3.8, 4) is 0 Å². The largest absolute Gasteiger partial charge is 0.392 e. The molecule has 0 saturated heterocycles. The van der Waals surface area contributed by atoms with Gasteiger partial charge in [0.2, 0.25) is 0 Å². The standard InChI is InChI=1S/C9H11NO2/c11-5-7-4-10-3-1-2-9(10)8(7)6-12/h1,3-4,11-12H,2,5-6H2. The first kappa shape index (κ1) is 7.58. The summed E-state index contributed by atoms with van der Waals surface area (Å²) in [5.74, 6) is 0. The van der Waals surface area contributed by atoms with Crippen LogP contribution in [0.2, 0.25) is 0 Å². The summed E-state index contributed by atoms with van der Waals surface area (Å²) in [5, 5.41) is 18.0. The molecule has 0 unspecified atom stereocenters. The molecule has 1 aromatic rings. The van der Waals surface area contributed by atoms with Crippen molar-refractivity contribution >= 4 is 6.20 Å². The maximum atomic E-state index is 9.05. The van der Waals surface area contributed by atoms with Crippen LogP contribution in [0.25, 0.3) is 6.20 Å². The van der Waals surface area contributed by atoms with Crippen LogP contribution in [0.5, 0.6) is 0 Å². The third-order valence-corrected chi connectivity index (χ3v) is 2.25. The first-order valence-electron chi connectivity index (χ1n) is 3.96. The summed E-state index contributed by atoms with van der Waals surface area (Å²) >= 11 is 0. The number of fused-ring (bicyclic) bond motifs is 1. The van der Waals surface area contributed by atoms with E-state index in [4.69, 9.17) is 10.2 Å². The zero-order chi connectivity index (χ0) is 8.55. The van der Waals surface area contributed by atoms with Crippen LogP contribution < -0.4 is 0 Å². The lowest BCUT2D eigenvalue weighted by atomic mass is 10.1. The molecule has 1 aliphatic rings. The van der Waals surface area contributed by atoms with Gasteiger partial charge < -0.3 is 14.8 Å². The van der Waals surface area contributed by atoms with Crippen molar-refractivity contribution in [3.63, 3.8) is 0 Å². The normalized spacial score (nSPS) is 13.8. The van der Waals surface area contributed by atoms with Crippen LogP contribution >= 0.6 is 0 Å². The minimum absolute atomic E-state index is 0.00370. The van der Waals surface area contributed by atoms with Crippen molar-refractivity contribution in [2.75, 3.05) is 0 Å². The van der Waals surface area contributed by atoms with Crippen molar-refractivity contribution in [1.29, 1.82) is 0 Å². The van der Waals surface area contributed by atoms with Crippen molar-refractivity contribution in [3.05, 3.63) is 29.1 Å². The van der Waals surface area contributed by atoms with Crippen molar-refractivity contribution in [2.24, 2.45) is 0 Å². The second-order valence-electron chi connectivity index (χ2n) is 2.89. The number of aliphatic hydroxyl groups excluding tert-OH is 2. The molecule has 3 heteroatoms. The molecule has 12 heavy (non-hydrogen) atoms. The van der Waals surface area contributed by atoms with Gasteiger partial charge in [0.25, 0.3) is 0 Å². The Labute approximate surface area is 70.6 Å². The summed E-state index contributed by atoms with van der Waals surface area (Å²) in [6.45, 7) is 0.0175. The van der Waals surface area contributed by atoms with Crippen LogP contribution in [-0.2, 0) is 19.6 Å². The van der Waals surface area contributed by atoms with Crippen molar-refractivity contribution < 1.29 is 10.2 Å². The third-order valence-electron chi connectivity index (χ3n) is 2.25. The number of rotatable bonds is 2. The average Bonchev–Trinajstić information content (AvgIpc) is 2.61. The van der Waals surface area contributed by atoms with E-state index in [1.807, 2.05) is 23.0 Å². The van der Waals surface area contributed by atoms with Gasteiger partial charge in [0.1, 0.15) is 0 Å². The van der Waals surface area contributed by atoms with Crippen molar-refractivity contribution in [2.45, 2.75) is 19.6 Å². The molecule has 0 aliphatic carbocycles. The summed E-state index contributed by atoms with van der Waals surface area (Å²) in [6.07, 6.45) is 6.71. The zero-order valence-corrected chi connectivity index (χ0v) is 6.70. The van der Waals surface area contributed by atoms with Gasteiger partial charge >= 0.3 is 0 Å². The molecule has 0 bridgehead atoms. The van der Waals surface area contributed by atoms with Gasteiger partial charge in [-0.05, 0) is 0 Å². The Balaban J connectivity index is 2.51. The van der Waals surface area contributed by atoms with Crippen LogP contribution in [0.15, 0.2) is 12.3 Å². The molecule has 0 saturated carbocycles. The van der Waals surface area contributed by atoms with Gasteiger partial charge in [0, 0.05) is 35.6 Å². The molecule has 64 valence electrons. The number of allylic oxidation sites excluding steroid dienone is 1. The Morgan fingerprint density at radius 2 is 2.17 bits per heavy atom. The van der Waals surface area contributed by atoms with Gasteiger partial charge in [-0.15, -0.1) is 0 Å². The quantitative estimate of drug-likeness (QED) is 0.670. The predicted molar refractivity (Wildman–Crippen MR) is 45.3 cm³/mol. The highest BCUT2D eigenvalue weighted by Crippen LogP contribution is 2.22. The molecule has 0 spiro atoms. The van der Waals surface area contributed by atoms with Gasteiger partial charge in [-0.2, -0.15) is 0 Å². The lowest BCUT2D eigenvalue weighted by Gasteiger charge is -1.98.